The predicted molar refractivity (Wildman–Crippen MR) is 213 cm³/mol. The van der Waals surface area contributed by atoms with E-state index in [1.165, 1.54) is 23.8 Å². The number of aromatic nitrogens is 1. The van der Waals surface area contributed by atoms with E-state index in [0.29, 0.717) is 27.6 Å². The molecule has 3 amide bonds. The van der Waals surface area contributed by atoms with Gasteiger partial charge in [0.05, 0.1) is 17.3 Å². The van der Waals surface area contributed by atoms with Crippen LogP contribution in [-0.2, 0) is 16.2 Å². The molecule has 1 fully saturated rings. The van der Waals surface area contributed by atoms with Crippen molar-refractivity contribution < 1.29 is 19.1 Å². The number of hydrogen-bond acceptors (Lipinski definition) is 6. The number of likely N-dealkylation sites (N-methyl/N-ethyl adjacent to an activating group) is 1. The number of benzene rings is 3. The highest BCUT2D eigenvalue weighted by molar-refractivity contribution is 6.38. The van der Waals surface area contributed by atoms with Gasteiger partial charge in [0.15, 0.2) is 0 Å². The van der Waals surface area contributed by atoms with Crippen molar-refractivity contribution in [3.63, 3.8) is 0 Å². The maximum Gasteiger partial charge on any atom is 0.251 e. The molecule has 0 radical (unpaired) electrons. The number of nitrogens with one attached hydrogen (secondary N) is 2. The molecule has 0 atom stereocenters. The van der Waals surface area contributed by atoms with Gasteiger partial charge < -0.3 is 25.2 Å². The van der Waals surface area contributed by atoms with E-state index in [1.54, 1.807) is 56.6 Å². The fourth-order valence-corrected chi connectivity index (χ4v) is 5.93. The van der Waals surface area contributed by atoms with Gasteiger partial charge in [-0.2, -0.15) is 0 Å². The van der Waals surface area contributed by atoms with Crippen LogP contribution in [0.15, 0.2) is 66.7 Å². The van der Waals surface area contributed by atoms with Gasteiger partial charge in [-0.15, -0.1) is 49.6 Å². The number of aryl methyl sites for hydroxylation is 1. The Kier molecular flexibility index (Phi) is 18.2. The normalized spacial score (nSPS) is 11.8. The number of carbonyl (C=O) groups excluding carboxylic acids is 3. The van der Waals surface area contributed by atoms with E-state index in [4.69, 9.17) is 32.9 Å². The zero-order chi connectivity index (χ0) is 32.8. The lowest BCUT2D eigenvalue weighted by atomic mass is 10.1. The van der Waals surface area contributed by atoms with Crippen molar-refractivity contribution in [2.75, 3.05) is 43.5 Å². The molecule has 0 aliphatic carbocycles. The minimum atomic E-state index is -0.444. The molecular formula is C35H39Cl6N5O4. The molecule has 1 aromatic heterocycles. The number of pyridine rings is 1. The average Bonchev–Trinajstić information content (AvgIpc) is 3.60. The zero-order valence-corrected chi connectivity index (χ0v) is 32.3. The first kappa shape index (κ1) is 44.6. The second-order valence-corrected chi connectivity index (χ2v) is 11.8. The molecular weight excluding hydrogens is 767 g/mol. The Labute approximate surface area is 326 Å². The van der Waals surface area contributed by atoms with Crippen LogP contribution >= 0.6 is 72.8 Å². The third kappa shape index (κ3) is 10.5. The van der Waals surface area contributed by atoms with Crippen LogP contribution < -0.4 is 25.2 Å². The fraction of sp³-hybridized carbons (Fsp3) is 0.257. The number of nitrogens with zero attached hydrogens (tertiary/aromatic N) is 3. The van der Waals surface area contributed by atoms with Crippen LogP contribution in [0.1, 0.15) is 40.0 Å². The first-order chi connectivity index (χ1) is 22.2. The number of carbonyl (C=O) groups is 3. The van der Waals surface area contributed by atoms with Crippen molar-refractivity contribution in [1.82, 2.24) is 15.6 Å². The van der Waals surface area contributed by atoms with Gasteiger partial charge in [-0.3, -0.25) is 14.4 Å². The van der Waals surface area contributed by atoms with Crippen LogP contribution in [0.3, 0.4) is 0 Å². The van der Waals surface area contributed by atoms with E-state index in [0.717, 1.165) is 40.9 Å². The molecule has 9 nitrogen and oxygen atoms in total. The zero-order valence-electron chi connectivity index (χ0n) is 27.5. The number of ether oxygens (including phenoxy) is 1. The SMILES string of the molecule is CNC(=O)c1ccc(/C=C/C(=O)NCC(=O)N(C)c2ccc(Cl)c(COc3cccc4c(N5CCCC5)cc(C)nc34)c2Cl)cc1.Cl.Cl.Cl.Cl. The molecule has 1 aliphatic rings. The van der Waals surface area contributed by atoms with Gasteiger partial charge in [0.2, 0.25) is 11.8 Å². The van der Waals surface area contributed by atoms with Gasteiger partial charge in [-0.05, 0) is 67.8 Å². The molecule has 15 heteroatoms. The van der Waals surface area contributed by atoms with Gasteiger partial charge in [0.25, 0.3) is 5.91 Å². The summed E-state index contributed by atoms with van der Waals surface area (Å²) >= 11 is 13.3. The summed E-state index contributed by atoms with van der Waals surface area (Å²) < 4.78 is 6.26. The second-order valence-electron chi connectivity index (χ2n) is 11.0. The Morgan fingerprint density at radius 3 is 2.32 bits per heavy atom. The maximum absolute atomic E-state index is 13.0. The van der Waals surface area contributed by atoms with Crippen molar-refractivity contribution in [3.8, 4) is 5.75 Å². The third-order valence-electron chi connectivity index (χ3n) is 7.87. The quantitative estimate of drug-likeness (QED) is 0.158. The van der Waals surface area contributed by atoms with Crippen LogP contribution in [0.5, 0.6) is 5.75 Å². The van der Waals surface area contributed by atoms with Crippen molar-refractivity contribution in [2.45, 2.75) is 26.4 Å². The third-order valence-corrected chi connectivity index (χ3v) is 8.65. The van der Waals surface area contributed by atoms with Crippen LogP contribution in [0.2, 0.25) is 10.0 Å². The number of amides is 3. The van der Waals surface area contributed by atoms with Crippen LogP contribution in [0.4, 0.5) is 11.4 Å². The summed E-state index contributed by atoms with van der Waals surface area (Å²) in [5, 5.41) is 6.85. The number of rotatable bonds is 10. The summed E-state index contributed by atoms with van der Waals surface area (Å²) in [6, 6.07) is 18.1. The van der Waals surface area contributed by atoms with E-state index >= 15 is 0 Å². The number of hydrogen-bond donors (Lipinski definition) is 2. The molecule has 0 bridgehead atoms. The summed E-state index contributed by atoms with van der Waals surface area (Å²) in [5.74, 6) is -0.405. The summed E-state index contributed by atoms with van der Waals surface area (Å²) in [6.45, 7) is 3.83. The van der Waals surface area contributed by atoms with Crippen LogP contribution in [-0.4, -0.2) is 56.4 Å². The lowest BCUT2D eigenvalue weighted by Gasteiger charge is -2.22. The number of halogens is 6. The van der Waals surface area contributed by atoms with Crippen molar-refractivity contribution in [2.24, 2.45) is 0 Å². The Morgan fingerprint density at radius 2 is 1.66 bits per heavy atom. The molecule has 4 aromatic rings. The van der Waals surface area contributed by atoms with Gasteiger partial charge >= 0.3 is 0 Å². The van der Waals surface area contributed by atoms with E-state index in [1.807, 2.05) is 19.1 Å². The monoisotopic (exact) mass is 803 g/mol. The highest BCUT2D eigenvalue weighted by atomic mass is 35.5. The second kappa shape index (κ2) is 20.4. The topological polar surface area (TPSA) is 104 Å². The summed E-state index contributed by atoms with van der Waals surface area (Å²) in [5.41, 5.74) is 5.03. The summed E-state index contributed by atoms with van der Waals surface area (Å²) in [7, 11) is 3.14. The Bertz CT molecular complexity index is 1820. The first-order valence-corrected chi connectivity index (χ1v) is 15.7. The van der Waals surface area contributed by atoms with E-state index in [2.05, 4.69) is 27.7 Å². The van der Waals surface area contributed by atoms with Crippen molar-refractivity contribution >= 4 is 119 Å². The number of para-hydroxylation sites is 1. The molecule has 50 heavy (non-hydrogen) atoms. The van der Waals surface area contributed by atoms with Gasteiger partial charge in [0, 0.05) is 66.2 Å². The van der Waals surface area contributed by atoms with Crippen LogP contribution in [0.25, 0.3) is 17.0 Å². The molecule has 1 saturated heterocycles. The lowest BCUT2D eigenvalue weighted by Crippen LogP contribution is -2.37. The van der Waals surface area contributed by atoms with Crippen molar-refractivity contribution in [1.29, 1.82) is 0 Å². The first-order valence-electron chi connectivity index (χ1n) is 15.0. The highest BCUT2D eigenvalue weighted by Crippen LogP contribution is 2.37. The summed E-state index contributed by atoms with van der Waals surface area (Å²) in [4.78, 5) is 45.6. The molecule has 3 aromatic carbocycles. The van der Waals surface area contributed by atoms with E-state index < -0.39 is 5.91 Å². The fourth-order valence-electron chi connectivity index (χ4n) is 5.33. The summed E-state index contributed by atoms with van der Waals surface area (Å²) in [6.07, 6.45) is 5.26. The number of anilines is 2. The van der Waals surface area contributed by atoms with Gasteiger partial charge in [-0.25, -0.2) is 4.98 Å². The standard InChI is InChI=1S/C35H35Cl2N5O4.4ClH/c1-22-19-29(42-17-4-5-18-42)25-7-6-8-30(34(25)40-22)46-21-26-27(36)14-15-28(33(26)37)41(3)32(44)20-39-31(43)16-11-23-9-12-24(13-10-23)35(45)38-2;;;;/h6-16,19H,4-5,17-18,20-21H2,1-3H3,(H,38,45)(H,39,43);4*1H/b16-11+;;;;. The molecule has 2 heterocycles. The smallest absolute Gasteiger partial charge is 0.251 e. The molecule has 5 rings (SSSR count). The lowest BCUT2D eigenvalue weighted by molar-refractivity contribution is -0.122. The van der Waals surface area contributed by atoms with Crippen LogP contribution in [0, 0.1) is 6.92 Å². The van der Waals surface area contributed by atoms with E-state index in [9.17, 15) is 14.4 Å². The predicted octanol–water partition coefficient (Wildman–Crippen LogP) is 7.87. The largest absolute Gasteiger partial charge is 0.487 e. The minimum Gasteiger partial charge on any atom is -0.487 e. The Morgan fingerprint density at radius 1 is 0.980 bits per heavy atom. The van der Waals surface area contributed by atoms with Gasteiger partial charge in [0.1, 0.15) is 17.9 Å². The van der Waals surface area contributed by atoms with Crippen molar-refractivity contribution in [3.05, 3.63) is 99.2 Å². The van der Waals surface area contributed by atoms with E-state index in [-0.39, 0.29) is 79.6 Å². The Hall–Kier alpha value is -3.44. The molecule has 2 N–H and O–H groups in total. The number of fused-ring (bicyclic) bond motifs is 1. The minimum absolute atomic E-state index is 0. The molecule has 0 saturated carbocycles. The highest BCUT2D eigenvalue weighted by Gasteiger charge is 2.21. The maximum atomic E-state index is 13.0. The Balaban J connectivity index is 0.00000312. The molecule has 0 spiro atoms. The molecule has 0 unspecified atom stereocenters. The molecule has 270 valence electrons. The molecule has 1 aliphatic heterocycles. The average molecular weight is 806 g/mol. The van der Waals surface area contributed by atoms with Gasteiger partial charge in [-0.1, -0.05) is 47.5 Å².